The molecule has 33 heavy (non-hydrogen) atoms. The van der Waals surface area contributed by atoms with Gasteiger partial charge in [0.15, 0.2) is 11.5 Å². The van der Waals surface area contributed by atoms with Crippen LogP contribution in [0, 0.1) is 0 Å². The number of methoxy groups -OCH3 is 3. The highest BCUT2D eigenvalue weighted by atomic mass is 16.5. The largest absolute Gasteiger partial charge is 0.493 e. The molecule has 2 N–H and O–H groups in total. The Morgan fingerprint density at radius 2 is 1.61 bits per heavy atom. The number of carbonyl (C=O) groups excluding carboxylic acids is 2. The van der Waals surface area contributed by atoms with Crippen LogP contribution in [0.1, 0.15) is 30.1 Å². The standard InChI is InChI=1S/C25H29N3O5/c1-5-11-26-23(29)10-12-27-25(30)18-15-20(28-19-9-7-6-8-17(18)19)16-13-21(31-2)24(33-4)22(14-16)32-3/h6-9,13-15H,5,10-12H2,1-4H3,(H,26,29)(H,27,30). The molecular formula is C25H29N3O5. The maximum Gasteiger partial charge on any atom is 0.252 e. The number of ether oxygens (including phenoxy) is 3. The molecule has 8 nitrogen and oxygen atoms in total. The minimum Gasteiger partial charge on any atom is -0.493 e. The second-order valence-corrected chi connectivity index (χ2v) is 7.34. The normalized spacial score (nSPS) is 10.5. The SMILES string of the molecule is CCCNC(=O)CCNC(=O)c1cc(-c2cc(OC)c(OC)c(OC)c2)nc2ccccc12. The Kier molecular flexibility index (Phi) is 8.07. The first-order valence-electron chi connectivity index (χ1n) is 10.8. The van der Waals surface area contributed by atoms with E-state index in [9.17, 15) is 9.59 Å². The Labute approximate surface area is 193 Å². The van der Waals surface area contributed by atoms with Crippen molar-refractivity contribution in [2.45, 2.75) is 19.8 Å². The molecule has 0 atom stereocenters. The number of nitrogens with one attached hydrogen (secondary N) is 2. The Balaban J connectivity index is 1.96. The fourth-order valence-corrected chi connectivity index (χ4v) is 3.48. The molecule has 174 valence electrons. The molecule has 0 radical (unpaired) electrons. The third-order valence-corrected chi connectivity index (χ3v) is 5.13. The van der Waals surface area contributed by atoms with Crippen LogP contribution >= 0.6 is 0 Å². The molecule has 0 aliphatic rings. The lowest BCUT2D eigenvalue weighted by atomic mass is 10.0. The van der Waals surface area contributed by atoms with Gasteiger partial charge in [-0.1, -0.05) is 25.1 Å². The molecule has 0 unspecified atom stereocenters. The molecule has 3 rings (SSSR count). The van der Waals surface area contributed by atoms with Crippen molar-refractivity contribution >= 4 is 22.7 Å². The summed E-state index contributed by atoms with van der Waals surface area (Å²) in [5.74, 6) is 1.10. The average molecular weight is 452 g/mol. The monoisotopic (exact) mass is 451 g/mol. The number of hydrogen-bond acceptors (Lipinski definition) is 6. The number of nitrogens with zero attached hydrogens (tertiary/aromatic N) is 1. The Morgan fingerprint density at radius 3 is 2.24 bits per heavy atom. The lowest BCUT2D eigenvalue weighted by Gasteiger charge is -2.15. The minimum absolute atomic E-state index is 0.0881. The predicted octanol–water partition coefficient (Wildman–Crippen LogP) is 3.57. The molecule has 0 fully saturated rings. The highest BCUT2D eigenvalue weighted by molar-refractivity contribution is 6.07. The molecule has 8 heteroatoms. The van der Waals surface area contributed by atoms with Gasteiger partial charge in [-0.15, -0.1) is 0 Å². The molecule has 2 aromatic carbocycles. The van der Waals surface area contributed by atoms with Gasteiger partial charge in [-0.05, 0) is 30.7 Å². The number of rotatable bonds is 10. The van der Waals surface area contributed by atoms with Crippen LogP contribution in [0.3, 0.4) is 0 Å². The van der Waals surface area contributed by atoms with Gasteiger partial charge in [0, 0.05) is 30.5 Å². The quantitative estimate of drug-likeness (QED) is 0.489. The van der Waals surface area contributed by atoms with Crippen molar-refractivity contribution in [1.82, 2.24) is 15.6 Å². The van der Waals surface area contributed by atoms with E-state index in [1.165, 1.54) is 0 Å². The molecule has 0 saturated carbocycles. The Hall–Kier alpha value is -3.81. The lowest BCUT2D eigenvalue weighted by Crippen LogP contribution is -2.31. The van der Waals surface area contributed by atoms with Crippen molar-refractivity contribution < 1.29 is 23.8 Å². The highest BCUT2D eigenvalue weighted by Gasteiger charge is 2.18. The minimum atomic E-state index is -0.273. The van der Waals surface area contributed by atoms with E-state index >= 15 is 0 Å². The summed E-state index contributed by atoms with van der Waals surface area (Å²) in [4.78, 5) is 29.6. The topological polar surface area (TPSA) is 98.8 Å². The number of benzene rings is 2. The third-order valence-electron chi connectivity index (χ3n) is 5.13. The van der Waals surface area contributed by atoms with Crippen LogP contribution in [0.2, 0.25) is 0 Å². The predicted molar refractivity (Wildman–Crippen MR) is 127 cm³/mol. The van der Waals surface area contributed by atoms with E-state index in [0.717, 1.165) is 11.8 Å². The molecule has 1 heterocycles. The van der Waals surface area contributed by atoms with Crippen molar-refractivity contribution in [2.75, 3.05) is 34.4 Å². The maximum absolute atomic E-state index is 13.0. The van der Waals surface area contributed by atoms with E-state index in [1.807, 2.05) is 31.2 Å². The summed E-state index contributed by atoms with van der Waals surface area (Å²) in [6.45, 7) is 2.85. The van der Waals surface area contributed by atoms with Crippen molar-refractivity contribution in [3.63, 3.8) is 0 Å². The van der Waals surface area contributed by atoms with Gasteiger partial charge in [0.2, 0.25) is 11.7 Å². The van der Waals surface area contributed by atoms with Gasteiger partial charge in [0.25, 0.3) is 5.91 Å². The highest BCUT2D eigenvalue weighted by Crippen LogP contribution is 2.41. The zero-order valence-electron chi connectivity index (χ0n) is 19.4. The third kappa shape index (κ3) is 5.52. The fraction of sp³-hybridized carbons (Fsp3) is 0.320. The first kappa shape index (κ1) is 23.8. The molecule has 0 saturated heterocycles. The lowest BCUT2D eigenvalue weighted by molar-refractivity contribution is -0.120. The van der Waals surface area contributed by atoms with E-state index in [0.29, 0.717) is 46.1 Å². The van der Waals surface area contributed by atoms with Gasteiger partial charge in [0.1, 0.15) is 0 Å². The van der Waals surface area contributed by atoms with Gasteiger partial charge >= 0.3 is 0 Å². The smallest absolute Gasteiger partial charge is 0.252 e. The van der Waals surface area contributed by atoms with Gasteiger partial charge in [-0.3, -0.25) is 9.59 Å². The van der Waals surface area contributed by atoms with Crippen LogP contribution < -0.4 is 24.8 Å². The van der Waals surface area contributed by atoms with E-state index in [4.69, 9.17) is 19.2 Å². The van der Waals surface area contributed by atoms with Gasteiger partial charge in [-0.25, -0.2) is 4.98 Å². The molecule has 0 aliphatic carbocycles. The summed E-state index contributed by atoms with van der Waals surface area (Å²) in [5.41, 5.74) is 2.44. The first-order chi connectivity index (χ1) is 16.0. The summed E-state index contributed by atoms with van der Waals surface area (Å²) in [5, 5.41) is 6.37. The van der Waals surface area contributed by atoms with Gasteiger partial charge in [0.05, 0.1) is 38.1 Å². The van der Waals surface area contributed by atoms with E-state index in [-0.39, 0.29) is 24.8 Å². The maximum atomic E-state index is 13.0. The molecule has 2 amide bonds. The molecule has 0 bridgehead atoms. The van der Waals surface area contributed by atoms with Crippen molar-refractivity contribution in [3.05, 3.63) is 48.0 Å². The van der Waals surface area contributed by atoms with E-state index in [1.54, 1.807) is 39.5 Å². The van der Waals surface area contributed by atoms with Crippen LogP contribution in [0.15, 0.2) is 42.5 Å². The molecule has 1 aromatic heterocycles. The molecule has 0 spiro atoms. The van der Waals surface area contributed by atoms with Gasteiger partial charge in [-0.2, -0.15) is 0 Å². The van der Waals surface area contributed by atoms with Crippen LogP contribution in [0.25, 0.3) is 22.2 Å². The van der Waals surface area contributed by atoms with E-state index in [2.05, 4.69) is 10.6 Å². The van der Waals surface area contributed by atoms with Crippen molar-refractivity contribution in [3.8, 4) is 28.5 Å². The first-order valence-corrected chi connectivity index (χ1v) is 10.8. The summed E-state index contributed by atoms with van der Waals surface area (Å²) in [6.07, 6.45) is 1.08. The average Bonchev–Trinajstić information content (AvgIpc) is 2.85. The number of carbonyl (C=O) groups is 2. The Bertz CT molecular complexity index is 1120. The van der Waals surface area contributed by atoms with E-state index < -0.39 is 0 Å². The number of hydrogen-bond donors (Lipinski definition) is 2. The summed E-state index contributed by atoms with van der Waals surface area (Å²) in [6, 6.07) is 12.7. The van der Waals surface area contributed by atoms with Gasteiger partial charge < -0.3 is 24.8 Å². The van der Waals surface area contributed by atoms with Crippen LogP contribution in [-0.4, -0.2) is 51.2 Å². The second kappa shape index (κ2) is 11.2. The number of pyridine rings is 1. The molecule has 0 aliphatic heterocycles. The second-order valence-electron chi connectivity index (χ2n) is 7.34. The number of para-hydroxylation sites is 1. The van der Waals surface area contributed by atoms with Crippen LogP contribution in [0.5, 0.6) is 17.2 Å². The van der Waals surface area contributed by atoms with Crippen LogP contribution in [-0.2, 0) is 4.79 Å². The van der Waals surface area contributed by atoms with Crippen LogP contribution in [0.4, 0.5) is 0 Å². The molecule has 3 aromatic rings. The summed E-state index contributed by atoms with van der Waals surface area (Å²) < 4.78 is 16.3. The summed E-state index contributed by atoms with van der Waals surface area (Å²) in [7, 11) is 4.63. The van der Waals surface area contributed by atoms with Crippen molar-refractivity contribution in [2.24, 2.45) is 0 Å². The zero-order valence-corrected chi connectivity index (χ0v) is 19.4. The molecular weight excluding hydrogens is 422 g/mol. The summed E-state index contributed by atoms with van der Waals surface area (Å²) >= 11 is 0. The zero-order chi connectivity index (χ0) is 23.8. The van der Waals surface area contributed by atoms with Crippen molar-refractivity contribution in [1.29, 1.82) is 0 Å². The fourth-order valence-electron chi connectivity index (χ4n) is 3.48. The number of amides is 2. The number of aromatic nitrogens is 1. The Morgan fingerprint density at radius 1 is 0.909 bits per heavy atom. The number of fused-ring (bicyclic) bond motifs is 1.